The Hall–Kier alpha value is -3.31. The maximum Gasteiger partial charge on any atom is 0.276 e. The predicted molar refractivity (Wildman–Crippen MR) is 114 cm³/mol. The van der Waals surface area contributed by atoms with Crippen molar-refractivity contribution >= 4 is 29.1 Å². The Kier molecular flexibility index (Phi) is 4.99. The van der Waals surface area contributed by atoms with Gasteiger partial charge in [-0.05, 0) is 49.7 Å². The fraction of sp³-hybridized carbons (Fsp3) is 0.130. The fourth-order valence-corrected chi connectivity index (χ4v) is 3.43. The number of fused-ring (bicyclic) bond motifs is 1. The summed E-state index contributed by atoms with van der Waals surface area (Å²) in [5.41, 5.74) is 7.34. The predicted octanol–water partition coefficient (Wildman–Crippen LogP) is 4.87. The van der Waals surface area contributed by atoms with Crippen LogP contribution in [0.2, 0.25) is 5.02 Å². The molecule has 0 saturated carbocycles. The van der Waals surface area contributed by atoms with Crippen LogP contribution in [-0.4, -0.2) is 16.8 Å². The average Bonchev–Trinajstić information content (AvgIpc) is 2.71. The van der Waals surface area contributed by atoms with Crippen molar-refractivity contribution in [2.24, 2.45) is 0 Å². The Balaban J connectivity index is 1.72. The first kappa shape index (κ1) is 19.0. The van der Waals surface area contributed by atoms with Crippen molar-refractivity contribution in [1.82, 2.24) is 10.4 Å². The second kappa shape index (κ2) is 7.60. The van der Waals surface area contributed by atoms with E-state index in [-0.39, 0.29) is 11.8 Å². The van der Waals surface area contributed by atoms with E-state index in [0.717, 1.165) is 16.7 Å². The molecule has 3 aromatic rings. The number of hydrazine groups is 1. The highest BCUT2D eigenvalue weighted by molar-refractivity contribution is 6.31. The quantitative estimate of drug-likeness (QED) is 0.653. The molecule has 0 radical (unpaired) electrons. The maximum absolute atomic E-state index is 13.3. The minimum atomic E-state index is -0.550. The molecule has 0 fully saturated rings. The lowest BCUT2D eigenvalue weighted by Crippen LogP contribution is -2.52. The van der Waals surface area contributed by atoms with Crippen LogP contribution >= 0.6 is 11.6 Å². The van der Waals surface area contributed by atoms with Crippen LogP contribution in [0.5, 0.6) is 0 Å². The molecule has 0 saturated heterocycles. The topological polar surface area (TPSA) is 61.4 Å². The van der Waals surface area contributed by atoms with Gasteiger partial charge in [0, 0.05) is 16.3 Å². The largest absolute Gasteiger partial charge is 0.359 e. The van der Waals surface area contributed by atoms with E-state index < -0.39 is 6.17 Å². The van der Waals surface area contributed by atoms with Gasteiger partial charge in [-0.15, -0.1) is 0 Å². The number of hydrogen-bond acceptors (Lipinski definition) is 3. The molecule has 1 heterocycles. The molecule has 2 N–H and O–H groups in total. The Morgan fingerprint density at radius 1 is 0.966 bits per heavy atom. The van der Waals surface area contributed by atoms with E-state index in [1.807, 2.05) is 50.2 Å². The number of halogens is 1. The van der Waals surface area contributed by atoms with E-state index in [1.165, 1.54) is 5.01 Å². The number of anilines is 1. The SMILES string of the molecule is Cc1ccc(C(=O)NN2C(=O)c3cc(Cl)ccc3NC2c2ccc(C)cc2)cc1. The molecule has 0 spiro atoms. The zero-order chi connectivity index (χ0) is 20.5. The number of benzene rings is 3. The summed E-state index contributed by atoms with van der Waals surface area (Å²) < 4.78 is 0. The van der Waals surface area contributed by atoms with E-state index in [9.17, 15) is 9.59 Å². The lowest BCUT2D eigenvalue weighted by atomic mass is 10.0. The van der Waals surface area contributed by atoms with Gasteiger partial charge in [-0.3, -0.25) is 15.0 Å². The summed E-state index contributed by atoms with van der Waals surface area (Å²) in [6.45, 7) is 3.95. The maximum atomic E-state index is 13.3. The van der Waals surface area contributed by atoms with E-state index in [4.69, 9.17) is 11.6 Å². The Morgan fingerprint density at radius 2 is 1.59 bits per heavy atom. The van der Waals surface area contributed by atoms with Crippen molar-refractivity contribution in [2.75, 3.05) is 5.32 Å². The van der Waals surface area contributed by atoms with Gasteiger partial charge in [-0.1, -0.05) is 59.1 Å². The number of nitrogens with one attached hydrogen (secondary N) is 2. The summed E-state index contributed by atoms with van der Waals surface area (Å²) in [6, 6.07) is 20.1. The zero-order valence-corrected chi connectivity index (χ0v) is 16.8. The smallest absolute Gasteiger partial charge is 0.276 e. The minimum absolute atomic E-state index is 0.327. The van der Waals surface area contributed by atoms with Crippen LogP contribution in [0.1, 0.15) is 43.6 Å². The van der Waals surface area contributed by atoms with Gasteiger partial charge in [-0.2, -0.15) is 0 Å². The number of aryl methyl sites for hydroxylation is 2. The Morgan fingerprint density at radius 3 is 2.24 bits per heavy atom. The monoisotopic (exact) mass is 405 g/mol. The van der Waals surface area contributed by atoms with Crippen molar-refractivity contribution in [1.29, 1.82) is 0 Å². The lowest BCUT2D eigenvalue weighted by Gasteiger charge is -2.38. The molecule has 0 aromatic heterocycles. The van der Waals surface area contributed by atoms with Gasteiger partial charge >= 0.3 is 0 Å². The molecule has 146 valence electrons. The molecule has 1 unspecified atom stereocenters. The highest BCUT2D eigenvalue weighted by Crippen LogP contribution is 2.33. The van der Waals surface area contributed by atoms with Crippen molar-refractivity contribution in [3.8, 4) is 0 Å². The molecular formula is C23H20ClN3O2. The minimum Gasteiger partial charge on any atom is -0.359 e. The van der Waals surface area contributed by atoms with Crippen LogP contribution in [0.4, 0.5) is 5.69 Å². The molecule has 5 nitrogen and oxygen atoms in total. The first-order valence-electron chi connectivity index (χ1n) is 9.26. The summed E-state index contributed by atoms with van der Waals surface area (Å²) >= 11 is 6.09. The van der Waals surface area contributed by atoms with Gasteiger partial charge in [0.05, 0.1) is 5.56 Å². The third kappa shape index (κ3) is 3.82. The number of nitrogens with zero attached hydrogens (tertiary/aromatic N) is 1. The molecule has 1 aliphatic heterocycles. The van der Waals surface area contributed by atoms with Gasteiger partial charge < -0.3 is 5.32 Å². The standard InChI is InChI=1S/C23H20ClN3O2/c1-14-3-7-16(8-4-14)21-25-20-12-11-18(24)13-19(20)23(29)27(21)26-22(28)17-9-5-15(2)6-10-17/h3-13,21,25H,1-2H3,(H,26,28). The van der Waals surface area contributed by atoms with Gasteiger partial charge in [0.15, 0.2) is 0 Å². The zero-order valence-electron chi connectivity index (χ0n) is 16.1. The molecule has 29 heavy (non-hydrogen) atoms. The number of hydrogen-bond donors (Lipinski definition) is 2. The van der Waals surface area contributed by atoms with Crippen LogP contribution in [0.15, 0.2) is 66.7 Å². The van der Waals surface area contributed by atoms with E-state index in [0.29, 0.717) is 21.8 Å². The molecule has 6 heteroatoms. The van der Waals surface area contributed by atoms with Crippen LogP contribution in [-0.2, 0) is 0 Å². The first-order valence-corrected chi connectivity index (χ1v) is 9.64. The molecule has 2 amide bonds. The number of amides is 2. The van der Waals surface area contributed by atoms with Gasteiger partial charge in [0.1, 0.15) is 6.17 Å². The number of carbonyl (C=O) groups is 2. The van der Waals surface area contributed by atoms with Crippen LogP contribution in [0.3, 0.4) is 0 Å². The average molecular weight is 406 g/mol. The molecule has 1 atom stereocenters. The fourth-order valence-electron chi connectivity index (χ4n) is 3.25. The number of carbonyl (C=O) groups excluding carboxylic acids is 2. The molecule has 4 rings (SSSR count). The molecule has 0 aliphatic carbocycles. The molecule has 0 bridgehead atoms. The molecule has 3 aromatic carbocycles. The van der Waals surface area contributed by atoms with Crippen LogP contribution < -0.4 is 10.7 Å². The third-order valence-electron chi connectivity index (χ3n) is 4.91. The lowest BCUT2D eigenvalue weighted by molar-refractivity contribution is 0.0491. The van der Waals surface area contributed by atoms with Crippen LogP contribution in [0.25, 0.3) is 0 Å². The van der Waals surface area contributed by atoms with E-state index >= 15 is 0 Å². The van der Waals surface area contributed by atoms with Crippen molar-refractivity contribution in [3.63, 3.8) is 0 Å². The van der Waals surface area contributed by atoms with Crippen molar-refractivity contribution in [3.05, 3.63) is 99.6 Å². The van der Waals surface area contributed by atoms with E-state index in [2.05, 4.69) is 10.7 Å². The highest BCUT2D eigenvalue weighted by atomic mass is 35.5. The second-order valence-electron chi connectivity index (χ2n) is 7.13. The highest BCUT2D eigenvalue weighted by Gasteiger charge is 2.34. The van der Waals surface area contributed by atoms with Crippen molar-refractivity contribution < 1.29 is 9.59 Å². The van der Waals surface area contributed by atoms with E-state index in [1.54, 1.807) is 30.3 Å². The van der Waals surface area contributed by atoms with Crippen molar-refractivity contribution in [2.45, 2.75) is 20.0 Å². The van der Waals surface area contributed by atoms with Gasteiger partial charge in [0.25, 0.3) is 11.8 Å². The molecule has 1 aliphatic rings. The summed E-state index contributed by atoms with van der Waals surface area (Å²) in [7, 11) is 0. The Bertz CT molecular complexity index is 1080. The normalized spacial score (nSPS) is 15.5. The first-order chi connectivity index (χ1) is 13.9. The second-order valence-corrected chi connectivity index (χ2v) is 7.57. The summed E-state index contributed by atoms with van der Waals surface area (Å²) in [6.07, 6.45) is -0.550. The molecular weight excluding hydrogens is 386 g/mol. The Labute approximate surface area is 174 Å². The van der Waals surface area contributed by atoms with Crippen LogP contribution in [0, 0.1) is 13.8 Å². The third-order valence-corrected chi connectivity index (χ3v) is 5.15. The number of rotatable bonds is 3. The van der Waals surface area contributed by atoms with Gasteiger partial charge in [0.2, 0.25) is 0 Å². The summed E-state index contributed by atoms with van der Waals surface area (Å²) in [5, 5.41) is 5.12. The van der Waals surface area contributed by atoms with Gasteiger partial charge in [-0.25, -0.2) is 5.01 Å². The summed E-state index contributed by atoms with van der Waals surface area (Å²) in [4.78, 5) is 26.1. The summed E-state index contributed by atoms with van der Waals surface area (Å²) in [5.74, 6) is -0.685.